The second-order valence-corrected chi connectivity index (χ2v) is 10.5. The van der Waals surface area contributed by atoms with Crippen molar-refractivity contribution in [2.45, 2.75) is 58.3 Å². The van der Waals surface area contributed by atoms with Gasteiger partial charge in [0.15, 0.2) is 5.82 Å². The van der Waals surface area contributed by atoms with Crippen LogP contribution in [0, 0.1) is 11.6 Å². The monoisotopic (exact) mass is 557 g/mol. The molecule has 214 valence electrons. The molecule has 0 aliphatic carbocycles. The fourth-order valence-corrected chi connectivity index (χ4v) is 4.34. The number of hydrazone groups is 1. The Morgan fingerprint density at radius 3 is 2.60 bits per heavy atom. The quantitative estimate of drug-likeness (QED) is 0.257. The Kier molecular flexibility index (Phi) is 8.62. The molecule has 1 amide bonds. The van der Waals surface area contributed by atoms with Crippen LogP contribution in [0.2, 0.25) is 0 Å². The summed E-state index contributed by atoms with van der Waals surface area (Å²) in [4.78, 5) is 22.7. The highest BCUT2D eigenvalue weighted by Crippen LogP contribution is 2.27. The standard InChI is InChI=1S/C27H33F2N7O4/c1-16(33-19-7-9-35(10-8-19)26(38)40-27(2,3)4)24(34-30)17-11-23(25-20(29)13-32-36(25)14-17)39-15-22(37)21-6-5-18(28)12-31-21/h5-6,11-14,19,22,37H,7-10,15,30H2,1-4H3/b33-16?,34-24+. The van der Waals surface area contributed by atoms with E-state index in [0.717, 1.165) is 12.4 Å². The van der Waals surface area contributed by atoms with Gasteiger partial charge < -0.3 is 25.3 Å². The second-order valence-electron chi connectivity index (χ2n) is 10.5. The predicted molar refractivity (Wildman–Crippen MR) is 144 cm³/mol. The number of carbonyl (C=O) groups excluding carboxylic acids is 1. The summed E-state index contributed by atoms with van der Waals surface area (Å²) < 4.78 is 40.3. The van der Waals surface area contributed by atoms with Gasteiger partial charge in [-0.2, -0.15) is 10.2 Å². The van der Waals surface area contributed by atoms with Crippen LogP contribution in [0.4, 0.5) is 13.6 Å². The number of amides is 1. The third kappa shape index (κ3) is 6.89. The number of piperidine rings is 1. The average molecular weight is 558 g/mol. The van der Waals surface area contributed by atoms with Crippen molar-refractivity contribution in [3.8, 4) is 5.75 Å². The highest BCUT2D eigenvalue weighted by atomic mass is 19.1. The summed E-state index contributed by atoms with van der Waals surface area (Å²) in [5, 5.41) is 18.4. The molecule has 3 aromatic heterocycles. The molecule has 1 fully saturated rings. The average Bonchev–Trinajstić information content (AvgIpc) is 3.28. The molecule has 0 aromatic carbocycles. The first-order chi connectivity index (χ1) is 18.9. The largest absolute Gasteiger partial charge is 0.488 e. The lowest BCUT2D eigenvalue weighted by molar-refractivity contribution is 0.0207. The van der Waals surface area contributed by atoms with E-state index in [4.69, 9.17) is 20.3 Å². The number of nitrogens with two attached hydrogens (primary N) is 1. The summed E-state index contributed by atoms with van der Waals surface area (Å²) in [6, 6.07) is 4.00. The Balaban J connectivity index is 1.50. The number of hydrogen-bond acceptors (Lipinski definition) is 9. The van der Waals surface area contributed by atoms with Gasteiger partial charge >= 0.3 is 6.09 Å². The van der Waals surface area contributed by atoms with E-state index in [9.17, 15) is 18.7 Å². The van der Waals surface area contributed by atoms with E-state index in [1.54, 1.807) is 24.1 Å². The van der Waals surface area contributed by atoms with E-state index >= 15 is 0 Å². The van der Waals surface area contributed by atoms with Gasteiger partial charge in [0.05, 0.1) is 29.8 Å². The van der Waals surface area contributed by atoms with Gasteiger partial charge in [0, 0.05) is 24.8 Å². The number of nitrogens with zero attached hydrogens (tertiary/aromatic N) is 6. The first-order valence-electron chi connectivity index (χ1n) is 12.9. The molecule has 40 heavy (non-hydrogen) atoms. The highest BCUT2D eigenvalue weighted by Gasteiger charge is 2.27. The zero-order chi connectivity index (χ0) is 29.0. The van der Waals surface area contributed by atoms with Gasteiger partial charge in [-0.1, -0.05) is 0 Å². The number of aliphatic imine (C=N–C) groups is 1. The molecule has 0 bridgehead atoms. The fourth-order valence-electron chi connectivity index (χ4n) is 4.34. The minimum atomic E-state index is -1.19. The Labute approximate surface area is 230 Å². The molecule has 3 aromatic rings. The molecule has 0 saturated carbocycles. The number of ether oxygens (including phenoxy) is 2. The maximum Gasteiger partial charge on any atom is 0.410 e. The number of hydrogen-bond donors (Lipinski definition) is 2. The van der Waals surface area contributed by atoms with Crippen molar-refractivity contribution in [1.29, 1.82) is 0 Å². The minimum absolute atomic E-state index is 0.0588. The fraction of sp³-hybridized carbons (Fsp3) is 0.444. The maximum absolute atomic E-state index is 14.6. The molecule has 0 spiro atoms. The smallest absolute Gasteiger partial charge is 0.410 e. The molecular weight excluding hydrogens is 524 g/mol. The van der Waals surface area contributed by atoms with Crippen molar-refractivity contribution in [1.82, 2.24) is 19.5 Å². The molecule has 1 aliphatic rings. The van der Waals surface area contributed by atoms with E-state index in [-0.39, 0.29) is 35.7 Å². The third-order valence-electron chi connectivity index (χ3n) is 6.26. The number of pyridine rings is 2. The molecule has 11 nitrogen and oxygen atoms in total. The van der Waals surface area contributed by atoms with E-state index in [0.29, 0.717) is 42.9 Å². The lowest BCUT2D eigenvalue weighted by atomic mass is 10.0. The molecule has 1 unspecified atom stereocenters. The summed E-state index contributed by atoms with van der Waals surface area (Å²) in [5.74, 6) is 4.69. The Bertz CT molecular complexity index is 1410. The van der Waals surface area contributed by atoms with E-state index < -0.39 is 23.3 Å². The summed E-state index contributed by atoms with van der Waals surface area (Å²) in [7, 11) is 0. The molecular formula is C27H33F2N7O4. The molecule has 1 atom stereocenters. The maximum atomic E-state index is 14.6. The van der Waals surface area contributed by atoms with Gasteiger partial charge in [0.2, 0.25) is 0 Å². The van der Waals surface area contributed by atoms with Crippen molar-refractivity contribution >= 4 is 23.0 Å². The Hall–Kier alpha value is -4.13. The minimum Gasteiger partial charge on any atom is -0.488 e. The summed E-state index contributed by atoms with van der Waals surface area (Å²) in [6.45, 7) is 7.99. The molecule has 3 N–H and O–H groups in total. The highest BCUT2D eigenvalue weighted by molar-refractivity contribution is 6.47. The molecule has 4 rings (SSSR count). The van der Waals surface area contributed by atoms with Crippen molar-refractivity contribution in [2.24, 2.45) is 15.9 Å². The van der Waals surface area contributed by atoms with Crippen LogP contribution in [-0.2, 0) is 4.74 Å². The van der Waals surface area contributed by atoms with Gasteiger partial charge in [-0.25, -0.2) is 18.1 Å². The molecule has 4 heterocycles. The molecule has 13 heteroatoms. The number of fused-ring (bicyclic) bond motifs is 1. The first kappa shape index (κ1) is 28.9. The van der Waals surface area contributed by atoms with Crippen molar-refractivity contribution in [3.63, 3.8) is 0 Å². The van der Waals surface area contributed by atoms with Crippen LogP contribution < -0.4 is 10.6 Å². The van der Waals surface area contributed by atoms with Gasteiger partial charge in [-0.05, 0) is 58.7 Å². The van der Waals surface area contributed by atoms with E-state index in [2.05, 4.69) is 15.2 Å². The summed E-state index contributed by atoms with van der Waals surface area (Å²) in [5.41, 5.74) is 1.06. The van der Waals surface area contributed by atoms with Gasteiger partial charge in [-0.15, -0.1) is 0 Å². The number of carbonyl (C=O) groups is 1. The van der Waals surface area contributed by atoms with Crippen LogP contribution in [-0.4, -0.2) is 73.5 Å². The number of halogens is 2. The molecule has 1 aliphatic heterocycles. The van der Waals surface area contributed by atoms with Gasteiger partial charge in [-0.3, -0.25) is 9.98 Å². The molecule has 1 saturated heterocycles. The van der Waals surface area contributed by atoms with Crippen molar-refractivity contribution in [3.05, 3.63) is 59.7 Å². The predicted octanol–water partition coefficient (Wildman–Crippen LogP) is 3.64. The number of rotatable bonds is 7. The zero-order valence-corrected chi connectivity index (χ0v) is 22.8. The van der Waals surface area contributed by atoms with Crippen LogP contribution >= 0.6 is 0 Å². The summed E-state index contributed by atoms with van der Waals surface area (Å²) >= 11 is 0. The zero-order valence-electron chi connectivity index (χ0n) is 22.8. The lowest BCUT2D eigenvalue weighted by Gasteiger charge is -2.32. The van der Waals surface area contributed by atoms with E-state index in [1.807, 2.05) is 20.8 Å². The number of likely N-dealkylation sites (tertiary alicyclic amines) is 1. The lowest BCUT2D eigenvalue weighted by Crippen LogP contribution is -2.42. The van der Waals surface area contributed by atoms with Crippen LogP contribution in [0.15, 0.2) is 46.9 Å². The SMILES string of the molecule is CC(=NC1CCN(C(=O)OC(C)(C)C)CC1)/C(=N\N)c1cc(OCC(O)c2ccc(F)cn2)c2c(F)cnn2c1. The van der Waals surface area contributed by atoms with Crippen LogP contribution in [0.1, 0.15) is 57.9 Å². The number of aliphatic hydroxyl groups is 1. The van der Waals surface area contributed by atoms with Crippen molar-refractivity contribution < 1.29 is 28.2 Å². The third-order valence-corrected chi connectivity index (χ3v) is 6.26. The van der Waals surface area contributed by atoms with Crippen LogP contribution in [0.25, 0.3) is 5.52 Å². The van der Waals surface area contributed by atoms with Gasteiger partial charge in [0.1, 0.15) is 41.1 Å². The van der Waals surface area contributed by atoms with Crippen molar-refractivity contribution in [2.75, 3.05) is 19.7 Å². The Morgan fingerprint density at radius 2 is 1.98 bits per heavy atom. The second kappa shape index (κ2) is 11.9. The van der Waals surface area contributed by atoms with Crippen LogP contribution in [0.5, 0.6) is 5.75 Å². The first-order valence-corrected chi connectivity index (χ1v) is 12.9. The molecule has 0 radical (unpaired) electrons. The van der Waals surface area contributed by atoms with Gasteiger partial charge in [0.25, 0.3) is 0 Å². The summed E-state index contributed by atoms with van der Waals surface area (Å²) in [6.07, 6.45) is 3.34. The normalized spacial score (nSPS) is 16.3. The van der Waals surface area contributed by atoms with Crippen LogP contribution in [0.3, 0.4) is 0 Å². The topological polar surface area (TPSA) is 140 Å². The van der Waals surface area contributed by atoms with E-state index in [1.165, 1.54) is 16.6 Å². The Morgan fingerprint density at radius 1 is 1.25 bits per heavy atom. The number of aliphatic hydroxyl groups excluding tert-OH is 1. The number of aromatic nitrogens is 3.